The number of morpholine rings is 1. The first-order valence-electron chi connectivity index (χ1n) is 7.58. The van der Waals surface area contributed by atoms with Gasteiger partial charge in [0, 0.05) is 15.9 Å². The fourth-order valence-corrected chi connectivity index (χ4v) is 4.12. The molecule has 2 heterocycles. The number of carbonyl (C=O) groups is 1. The summed E-state index contributed by atoms with van der Waals surface area (Å²) < 4.78 is 7.04. The average molecular weight is 395 g/mol. The lowest BCUT2D eigenvalue weighted by Crippen LogP contribution is -2.49. The molecular formula is C17H19BrN2O2S. The first-order valence-corrected chi connectivity index (χ1v) is 9.26. The van der Waals surface area contributed by atoms with E-state index in [0.717, 1.165) is 14.9 Å². The molecule has 0 saturated carbocycles. The highest BCUT2D eigenvalue weighted by Crippen LogP contribution is 2.25. The number of hydrogen-bond donors (Lipinski definition) is 1. The van der Waals surface area contributed by atoms with Gasteiger partial charge in [-0.25, -0.2) is 4.79 Å². The maximum absolute atomic E-state index is 12.5. The van der Waals surface area contributed by atoms with Gasteiger partial charge in [0.05, 0.1) is 19.2 Å². The maximum atomic E-state index is 12.5. The summed E-state index contributed by atoms with van der Waals surface area (Å²) in [6, 6.07) is 12.0. The van der Waals surface area contributed by atoms with Crippen LogP contribution in [0.3, 0.4) is 0 Å². The number of benzene rings is 1. The van der Waals surface area contributed by atoms with Crippen LogP contribution in [0.25, 0.3) is 0 Å². The van der Waals surface area contributed by atoms with Gasteiger partial charge < -0.3 is 15.0 Å². The van der Waals surface area contributed by atoms with Crippen molar-refractivity contribution >= 4 is 33.3 Å². The van der Waals surface area contributed by atoms with E-state index in [1.807, 2.05) is 53.6 Å². The third kappa shape index (κ3) is 4.13. The smallest absolute Gasteiger partial charge is 0.317 e. The molecular weight excluding hydrogens is 376 g/mol. The van der Waals surface area contributed by atoms with E-state index in [0.29, 0.717) is 19.6 Å². The molecule has 1 aromatic heterocycles. The summed E-state index contributed by atoms with van der Waals surface area (Å²) in [7, 11) is 0. The van der Waals surface area contributed by atoms with Gasteiger partial charge in [0.25, 0.3) is 0 Å². The van der Waals surface area contributed by atoms with Crippen LogP contribution >= 0.6 is 27.3 Å². The SMILES string of the molecule is C[C@H]1CN(C(=O)NCc2sccc2Br)C[C@H](c2ccccc2)O1. The van der Waals surface area contributed by atoms with Gasteiger partial charge in [-0.15, -0.1) is 11.3 Å². The molecule has 1 saturated heterocycles. The molecule has 6 heteroatoms. The van der Waals surface area contributed by atoms with Crippen LogP contribution in [0.5, 0.6) is 0 Å². The first kappa shape index (κ1) is 16.5. The van der Waals surface area contributed by atoms with Crippen LogP contribution < -0.4 is 5.32 Å². The van der Waals surface area contributed by atoms with Gasteiger partial charge in [-0.3, -0.25) is 0 Å². The Labute approximate surface area is 148 Å². The fraction of sp³-hybridized carbons (Fsp3) is 0.353. The number of rotatable bonds is 3. The van der Waals surface area contributed by atoms with Gasteiger partial charge in [0.1, 0.15) is 6.10 Å². The van der Waals surface area contributed by atoms with E-state index >= 15 is 0 Å². The lowest BCUT2D eigenvalue weighted by Gasteiger charge is -2.37. The van der Waals surface area contributed by atoms with E-state index in [1.54, 1.807) is 11.3 Å². The Kier molecular flexibility index (Phi) is 5.35. The first-order chi connectivity index (χ1) is 11.1. The molecule has 4 nitrogen and oxygen atoms in total. The minimum absolute atomic E-state index is 0.0215. The molecule has 0 unspecified atom stereocenters. The summed E-state index contributed by atoms with van der Waals surface area (Å²) >= 11 is 5.12. The lowest BCUT2D eigenvalue weighted by atomic mass is 10.1. The summed E-state index contributed by atoms with van der Waals surface area (Å²) in [4.78, 5) is 15.4. The second-order valence-electron chi connectivity index (χ2n) is 5.60. The summed E-state index contributed by atoms with van der Waals surface area (Å²) in [5.74, 6) is 0. The zero-order valence-electron chi connectivity index (χ0n) is 12.9. The van der Waals surface area contributed by atoms with Crippen LogP contribution in [0.4, 0.5) is 4.79 Å². The standard InChI is InChI=1S/C17H19BrN2O2S/c1-12-10-20(11-15(22-12)13-5-3-2-4-6-13)17(21)19-9-16-14(18)7-8-23-16/h2-8,12,15H,9-11H2,1H3,(H,19,21)/t12-,15+/m0/s1. The van der Waals surface area contributed by atoms with E-state index in [1.165, 1.54) is 0 Å². The molecule has 1 N–H and O–H groups in total. The molecule has 0 radical (unpaired) electrons. The molecule has 0 spiro atoms. The third-order valence-electron chi connectivity index (χ3n) is 3.81. The second kappa shape index (κ2) is 7.47. The number of thiophene rings is 1. The van der Waals surface area contributed by atoms with Gasteiger partial charge in [-0.05, 0) is 39.9 Å². The summed E-state index contributed by atoms with van der Waals surface area (Å²) in [6.07, 6.45) is -0.0487. The van der Waals surface area contributed by atoms with E-state index < -0.39 is 0 Å². The van der Waals surface area contributed by atoms with Gasteiger partial charge >= 0.3 is 6.03 Å². The Morgan fingerprint density at radius 1 is 1.35 bits per heavy atom. The highest BCUT2D eigenvalue weighted by atomic mass is 79.9. The van der Waals surface area contributed by atoms with Crippen LogP contribution in [0.1, 0.15) is 23.5 Å². The third-order valence-corrected chi connectivity index (χ3v) is 5.74. The second-order valence-corrected chi connectivity index (χ2v) is 7.46. The van der Waals surface area contributed by atoms with Gasteiger partial charge in [0.2, 0.25) is 0 Å². The van der Waals surface area contributed by atoms with Crippen LogP contribution in [0, 0.1) is 0 Å². The fourth-order valence-electron chi connectivity index (χ4n) is 2.69. The van der Waals surface area contributed by atoms with Crippen molar-refractivity contribution in [2.75, 3.05) is 13.1 Å². The number of nitrogens with zero attached hydrogens (tertiary/aromatic N) is 1. The van der Waals surface area contributed by atoms with Gasteiger partial charge in [-0.1, -0.05) is 30.3 Å². The van der Waals surface area contributed by atoms with Crippen LogP contribution in [0.2, 0.25) is 0 Å². The Morgan fingerprint density at radius 3 is 2.83 bits per heavy atom. The van der Waals surface area contributed by atoms with Crippen molar-refractivity contribution in [3.05, 3.63) is 56.7 Å². The number of halogens is 1. The predicted octanol–water partition coefficient (Wildman–Crippen LogP) is 4.18. The van der Waals surface area contributed by atoms with Crippen molar-refractivity contribution < 1.29 is 9.53 Å². The van der Waals surface area contributed by atoms with Crippen molar-refractivity contribution in [2.24, 2.45) is 0 Å². The Bertz CT molecular complexity index is 662. The van der Waals surface area contributed by atoms with Gasteiger partial charge in [0.15, 0.2) is 0 Å². The van der Waals surface area contributed by atoms with E-state index in [2.05, 4.69) is 21.2 Å². The zero-order chi connectivity index (χ0) is 16.2. The Balaban J connectivity index is 1.62. The van der Waals surface area contributed by atoms with Crippen molar-refractivity contribution in [2.45, 2.75) is 25.7 Å². The van der Waals surface area contributed by atoms with Crippen LogP contribution in [-0.2, 0) is 11.3 Å². The summed E-state index contributed by atoms with van der Waals surface area (Å²) in [6.45, 7) is 3.73. The largest absolute Gasteiger partial charge is 0.367 e. The molecule has 2 aromatic rings. The van der Waals surface area contributed by atoms with Crippen molar-refractivity contribution in [3.8, 4) is 0 Å². The summed E-state index contributed by atoms with van der Waals surface area (Å²) in [5.41, 5.74) is 1.11. The number of amides is 2. The van der Waals surface area contributed by atoms with Crippen LogP contribution in [0.15, 0.2) is 46.3 Å². The van der Waals surface area contributed by atoms with Crippen molar-refractivity contribution in [3.63, 3.8) is 0 Å². The quantitative estimate of drug-likeness (QED) is 0.847. The number of urea groups is 1. The molecule has 1 aliphatic rings. The lowest BCUT2D eigenvalue weighted by molar-refractivity contribution is -0.0657. The van der Waals surface area contributed by atoms with Crippen molar-refractivity contribution in [1.29, 1.82) is 0 Å². The monoisotopic (exact) mass is 394 g/mol. The summed E-state index contributed by atoms with van der Waals surface area (Å²) in [5, 5.41) is 5.01. The normalized spacial score (nSPS) is 21.2. The number of nitrogens with one attached hydrogen (secondary N) is 1. The highest BCUT2D eigenvalue weighted by molar-refractivity contribution is 9.10. The number of hydrogen-bond acceptors (Lipinski definition) is 3. The molecule has 1 aliphatic heterocycles. The Morgan fingerprint density at radius 2 is 2.13 bits per heavy atom. The molecule has 122 valence electrons. The van der Waals surface area contributed by atoms with E-state index in [-0.39, 0.29) is 18.2 Å². The molecule has 2 amide bonds. The molecule has 1 aromatic carbocycles. The minimum Gasteiger partial charge on any atom is -0.367 e. The topological polar surface area (TPSA) is 41.6 Å². The van der Waals surface area contributed by atoms with Gasteiger partial charge in [-0.2, -0.15) is 0 Å². The maximum Gasteiger partial charge on any atom is 0.317 e. The Hall–Kier alpha value is -1.37. The predicted molar refractivity (Wildman–Crippen MR) is 95.6 cm³/mol. The van der Waals surface area contributed by atoms with Crippen LogP contribution in [-0.4, -0.2) is 30.1 Å². The minimum atomic E-state index is -0.0702. The number of carbonyl (C=O) groups excluding carboxylic acids is 1. The molecule has 0 bridgehead atoms. The highest BCUT2D eigenvalue weighted by Gasteiger charge is 2.29. The molecule has 1 fully saturated rings. The average Bonchev–Trinajstić information content (AvgIpc) is 2.98. The zero-order valence-corrected chi connectivity index (χ0v) is 15.3. The van der Waals surface area contributed by atoms with E-state index in [9.17, 15) is 4.79 Å². The van der Waals surface area contributed by atoms with Crippen molar-refractivity contribution in [1.82, 2.24) is 10.2 Å². The molecule has 3 rings (SSSR count). The molecule has 23 heavy (non-hydrogen) atoms. The van der Waals surface area contributed by atoms with E-state index in [4.69, 9.17) is 4.74 Å². The molecule has 0 aliphatic carbocycles. The molecule has 2 atom stereocenters. The number of ether oxygens (including phenoxy) is 1.